The van der Waals surface area contributed by atoms with Crippen LogP contribution in [0, 0.1) is 0 Å². The van der Waals surface area contributed by atoms with Crippen molar-refractivity contribution in [3.8, 4) is 5.69 Å². The van der Waals surface area contributed by atoms with Crippen LogP contribution >= 0.6 is 23.2 Å². The molecule has 1 saturated heterocycles. The fraction of sp³-hybridized carbons (Fsp3) is 0.600. The van der Waals surface area contributed by atoms with E-state index >= 15 is 0 Å². The molecule has 4 rings (SSSR count). The van der Waals surface area contributed by atoms with Crippen molar-refractivity contribution in [2.24, 2.45) is 0 Å². The highest BCUT2D eigenvalue weighted by atomic mass is 35.5. The van der Waals surface area contributed by atoms with E-state index in [0.717, 1.165) is 0 Å². The molecular formula is C30H43Cl2N7O4Si. The largest absolute Gasteiger partial charge is 0.465 e. The van der Waals surface area contributed by atoms with Crippen LogP contribution in [0.5, 0.6) is 0 Å². The zero-order valence-corrected chi connectivity index (χ0v) is 29.5. The minimum absolute atomic E-state index is 0.0374. The number of amides is 1. The number of piperazine rings is 1. The number of rotatable bonds is 8. The average molecular weight is 665 g/mol. The predicted octanol–water partition coefficient (Wildman–Crippen LogP) is 6.53. The van der Waals surface area contributed by atoms with Gasteiger partial charge in [0.1, 0.15) is 17.3 Å². The Balaban J connectivity index is 1.85. The maximum absolute atomic E-state index is 14.1. The summed E-state index contributed by atoms with van der Waals surface area (Å²) < 4.78 is 7.86. The summed E-state index contributed by atoms with van der Waals surface area (Å²) in [6, 6.07) is 1.08. The van der Waals surface area contributed by atoms with Gasteiger partial charge in [-0.3, -0.25) is 0 Å². The number of pyridine rings is 1. The third-order valence-corrected chi connectivity index (χ3v) is 14.0. The number of fused-ring (bicyclic) bond motifs is 1. The Hall–Kier alpha value is -2.80. The molecule has 3 aromatic rings. The first-order chi connectivity index (χ1) is 20.4. The second kappa shape index (κ2) is 12.9. The second-order valence-corrected chi connectivity index (χ2v) is 19.0. The third kappa shape index (κ3) is 6.73. The van der Waals surface area contributed by atoms with Gasteiger partial charge in [-0.15, -0.1) is 0 Å². The molecule has 0 aromatic carbocycles. The molecule has 1 aliphatic rings. The Labute approximate surface area is 269 Å². The van der Waals surface area contributed by atoms with E-state index in [9.17, 15) is 14.7 Å². The number of hydrogen-bond acceptors (Lipinski definition) is 8. The lowest BCUT2D eigenvalue weighted by molar-refractivity contribution is 0.114. The molecule has 4 heterocycles. The number of hydrogen-bond donors (Lipinski definition) is 1. The molecule has 240 valence electrons. The number of halogens is 2. The van der Waals surface area contributed by atoms with Crippen LogP contribution in [0.2, 0.25) is 28.3 Å². The van der Waals surface area contributed by atoms with Gasteiger partial charge in [0.05, 0.1) is 27.5 Å². The summed E-state index contributed by atoms with van der Waals surface area (Å²) in [6.07, 6.45) is 1.80. The van der Waals surface area contributed by atoms with Crippen molar-refractivity contribution < 1.29 is 14.3 Å². The van der Waals surface area contributed by atoms with Gasteiger partial charge < -0.3 is 19.3 Å². The van der Waals surface area contributed by atoms with Crippen LogP contribution in [0.15, 0.2) is 17.2 Å². The molecule has 1 fully saturated rings. The molecule has 0 radical (unpaired) electrons. The zero-order chi connectivity index (χ0) is 32.7. The van der Waals surface area contributed by atoms with Gasteiger partial charge in [-0.05, 0) is 56.8 Å². The van der Waals surface area contributed by atoms with Crippen LogP contribution in [-0.4, -0.2) is 80.7 Å². The Kier molecular flexibility index (Phi) is 9.99. The molecular weight excluding hydrogens is 621 g/mol. The minimum atomic E-state index is -1.93. The molecule has 2 atom stereocenters. The number of aryl methyl sites for hydroxylation is 1. The highest BCUT2D eigenvalue weighted by Gasteiger charge is 2.37. The van der Waals surface area contributed by atoms with Crippen molar-refractivity contribution in [3.63, 3.8) is 0 Å². The van der Waals surface area contributed by atoms with Crippen LogP contribution < -0.4 is 10.6 Å². The van der Waals surface area contributed by atoms with Crippen molar-refractivity contribution in [2.75, 3.05) is 24.6 Å². The number of carbonyl (C=O) groups is 1. The quantitative estimate of drug-likeness (QED) is 0.162. The van der Waals surface area contributed by atoms with Crippen LogP contribution in [0.1, 0.15) is 72.2 Å². The van der Waals surface area contributed by atoms with Gasteiger partial charge in [0, 0.05) is 31.8 Å². The first-order valence-electron chi connectivity index (χ1n) is 15.0. The van der Waals surface area contributed by atoms with Gasteiger partial charge >= 0.3 is 11.8 Å². The highest BCUT2D eigenvalue weighted by molar-refractivity contribution is 6.74. The van der Waals surface area contributed by atoms with E-state index in [1.807, 2.05) is 32.6 Å². The van der Waals surface area contributed by atoms with E-state index in [4.69, 9.17) is 27.6 Å². The Morgan fingerprint density at radius 1 is 1.14 bits per heavy atom. The maximum atomic E-state index is 14.1. The van der Waals surface area contributed by atoms with E-state index in [0.29, 0.717) is 54.3 Å². The molecule has 0 bridgehead atoms. The minimum Gasteiger partial charge on any atom is -0.465 e. The molecule has 0 aliphatic carbocycles. The Morgan fingerprint density at radius 3 is 2.43 bits per heavy atom. The second-order valence-electron chi connectivity index (χ2n) is 13.4. The Morgan fingerprint density at radius 2 is 1.82 bits per heavy atom. The van der Waals surface area contributed by atoms with Crippen molar-refractivity contribution >= 4 is 54.5 Å². The first kappa shape index (κ1) is 34.1. The summed E-state index contributed by atoms with van der Waals surface area (Å²) in [4.78, 5) is 47.6. The molecule has 1 amide bonds. The van der Waals surface area contributed by atoms with Crippen LogP contribution in [0.25, 0.3) is 16.7 Å². The number of aromatic nitrogens is 5. The van der Waals surface area contributed by atoms with E-state index in [2.05, 4.69) is 53.8 Å². The molecule has 3 aromatic heterocycles. The normalized spacial score (nSPS) is 18.0. The maximum Gasteiger partial charge on any atom is 0.407 e. The predicted molar refractivity (Wildman–Crippen MR) is 177 cm³/mol. The fourth-order valence-corrected chi connectivity index (χ4v) is 6.63. The molecule has 14 heteroatoms. The topological polar surface area (TPSA) is 127 Å². The number of anilines is 1. The van der Waals surface area contributed by atoms with E-state index in [-0.39, 0.29) is 45.4 Å². The number of carboxylic acid groups (broad SMARTS) is 1. The lowest BCUT2D eigenvalue weighted by Gasteiger charge is -2.43. The van der Waals surface area contributed by atoms with Crippen LogP contribution in [-0.2, 0) is 10.8 Å². The van der Waals surface area contributed by atoms with Crippen LogP contribution in [0.4, 0.5) is 10.6 Å². The summed E-state index contributed by atoms with van der Waals surface area (Å²) in [7, 11) is -1.93. The molecule has 0 saturated carbocycles. The SMILES string of the molecule is CC(C)c1ncnc(CCCO[Si](C)(C)C(C)(C)C)c1-n1c(=O)nc(N2C[C@@H](C)N(C(=O)O)C[C@@H]2C)c2cc(Cl)c(Cl)nc21. The molecule has 1 N–H and O–H groups in total. The monoisotopic (exact) mass is 663 g/mol. The van der Waals surface area contributed by atoms with Crippen molar-refractivity contribution in [1.82, 2.24) is 29.4 Å². The third-order valence-electron chi connectivity index (χ3n) is 8.79. The van der Waals surface area contributed by atoms with Gasteiger partial charge in [0.2, 0.25) is 0 Å². The smallest absolute Gasteiger partial charge is 0.407 e. The van der Waals surface area contributed by atoms with E-state index in [1.165, 1.54) is 15.8 Å². The zero-order valence-electron chi connectivity index (χ0n) is 27.0. The number of nitrogens with zero attached hydrogens (tertiary/aromatic N) is 7. The molecule has 1 aliphatic heterocycles. The summed E-state index contributed by atoms with van der Waals surface area (Å²) in [5.74, 6) is 0.341. The summed E-state index contributed by atoms with van der Waals surface area (Å²) in [5.41, 5.74) is 1.63. The average Bonchev–Trinajstić information content (AvgIpc) is 2.92. The summed E-state index contributed by atoms with van der Waals surface area (Å²) in [5, 5.41) is 10.5. The standard InChI is InChI=1S/C30H43Cl2N7O4Si/c1-17(2)23-24(22(33-16-34-23)11-10-12-43-44(8,9)30(5,6)7)39-27-20(13-21(31)25(32)35-27)26(36-28(39)40)37-14-19(4)38(29(41)42)15-18(37)3/h13,16-19H,10-12,14-15H2,1-9H3,(H,41,42)/t18-,19+/m0/s1. The van der Waals surface area contributed by atoms with Gasteiger partial charge in [-0.25, -0.2) is 29.1 Å². The lowest BCUT2D eigenvalue weighted by Crippen LogP contribution is -2.58. The van der Waals surface area contributed by atoms with Gasteiger partial charge in [-0.2, -0.15) is 4.98 Å². The lowest BCUT2D eigenvalue weighted by atomic mass is 10.0. The van der Waals surface area contributed by atoms with E-state index in [1.54, 1.807) is 6.07 Å². The summed E-state index contributed by atoms with van der Waals surface area (Å²) >= 11 is 12.9. The van der Waals surface area contributed by atoms with Gasteiger partial charge in [0.25, 0.3) is 0 Å². The van der Waals surface area contributed by atoms with Crippen molar-refractivity contribution in [3.05, 3.63) is 44.4 Å². The fourth-order valence-electron chi connectivity index (χ4n) is 5.26. The van der Waals surface area contributed by atoms with Crippen LogP contribution in [0.3, 0.4) is 0 Å². The van der Waals surface area contributed by atoms with Gasteiger partial charge in [-0.1, -0.05) is 57.8 Å². The van der Waals surface area contributed by atoms with Crippen molar-refractivity contribution in [2.45, 2.75) is 97.4 Å². The van der Waals surface area contributed by atoms with Gasteiger partial charge in [0.15, 0.2) is 14.0 Å². The molecule has 44 heavy (non-hydrogen) atoms. The molecule has 0 unspecified atom stereocenters. The molecule has 11 nitrogen and oxygen atoms in total. The Bertz CT molecular complexity index is 1610. The summed E-state index contributed by atoms with van der Waals surface area (Å²) in [6.45, 7) is 20.0. The first-order valence-corrected chi connectivity index (χ1v) is 18.6. The highest BCUT2D eigenvalue weighted by Crippen LogP contribution is 2.37. The van der Waals surface area contributed by atoms with E-state index < -0.39 is 20.1 Å². The van der Waals surface area contributed by atoms with Crippen molar-refractivity contribution in [1.29, 1.82) is 0 Å². The molecule has 0 spiro atoms.